The van der Waals surface area contributed by atoms with Gasteiger partial charge in [-0.1, -0.05) is 6.07 Å². The van der Waals surface area contributed by atoms with E-state index in [4.69, 9.17) is 9.47 Å². The summed E-state index contributed by atoms with van der Waals surface area (Å²) in [6, 6.07) is 4.11. The fraction of sp³-hybridized carbons (Fsp3) is 0.562. The molecule has 110 valence electrons. The van der Waals surface area contributed by atoms with Crippen molar-refractivity contribution in [2.45, 2.75) is 46.3 Å². The highest BCUT2D eigenvalue weighted by atomic mass is 16.5. The van der Waals surface area contributed by atoms with E-state index in [-0.39, 0.29) is 12.0 Å². The predicted octanol–water partition coefficient (Wildman–Crippen LogP) is 2.50. The van der Waals surface area contributed by atoms with Gasteiger partial charge in [-0.3, -0.25) is 4.79 Å². The van der Waals surface area contributed by atoms with Gasteiger partial charge in [0.15, 0.2) is 0 Å². The second kappa shape index (κ2) is 6.75. The maximum atomic E-state index is 11.9. The molecule has 1 unspecified atom stereocenters. The minimum absolute atomic E-state index is 0.00608. The zero-order valence-electron chi connectivity index (χ0n) is 12.5. The smallest absolute Gasteiger partial charge is 0.249 e. The van der Waals surface area contributed by atoms with Crippen LogP contribution in [0.2, 0.25) is 0 Å². The first-order chi connectivity index (χ1) is 9.61. The number of carbonyl (C=O) groups excluding carboxylic acids is 1. The highest BCUT2D eigenvalue weighted by Crippen LogP contribution is 2.23. The van der Waals surface area contributed by atoms with E-state index < -0.39 is 0 Å². The lowest BCUT2D eigenvalue weighted by molar-refractivity contribution is -0.130. The van der Waals surface area contributed by atoms with Crippen LogP contribution in [0.5, 0.6) is 5.75 Å². The van der Waals surface area contributed by atoms with Crippen molar-refractivity contribution in [1.82, 2.24) is 5.32 Å². The molecule has 0 saturated carbocycles. The molecule has 0 radical (unpaired) electrons. The molecule has 1 amide bonds. The first-order valence-corrected chi connectivity index (χ1v) is 7.24. The van der Waals surface area contributed by atoms with E-state index in [9.17, 15) is 4.79 Å². The van der Waals surface area contributed by atoms with E-state index in [0.29, 0.717) is 19.8 Å². The predicted molar refractivity (Wildman–Crippen MR) is 77.9 cm³/mol. The van der Waals surface area contributed by atoms with Crippen LogP contribution in [0.4, 0.5) is 0 Å². The zero-order valence-corrected chi connectivity index (χ0v) is 12.5. The van der Waals surface area contributed by atoms with Gasteiger partial charge in [0.1, 0.15) is 11.9 Å². The van der Waals surface area contributed by atoms with Gasteiger partial charge in [-0.25, -0.2) is 0 Å². The van der Waals surface area contributed by atoms with Crippen molar-refractivity contribution in [3.05, 3.63) is 28.8 Å². The summed E-state index contributed by atoms with van der Waals surface area (Å²) in [6.07, 6.45) is 1.53. The first-order valence-electron chi connectivity index (χ1n) is 7.24. The molecular formula is C16H23NO3. The molecule has 1 aromatic rings. The maximum absolute atomic E-state index is 11.9. The zero-order chi connectivity index (χ0) is 14.5. The number of carbonyl (C=O) groups is 1. The monoisotopic (exact) mass is 277 g/mol. The molecule has 1 atom stereocenters. The van der Waals surface area contributed by atoms with Gasteiger partial charge in [-0.15, -0.1) is 0 Å². The van der Waals surface area contributed by atoms with Crippen molar-refractivity contribution in [3.63, 3.8) is 0 Å². The number of hydrogen-bond acceptors (Lipinski definition) is 3. The Morgan fingerprint density at radius 3 is 2.85 bits per heavy atom. The fourth-order valence-corrected chi connectivity index (χ4v) is 2.43. The number of benzene rings is 1. The molecule has 2 rings (SSSR count). The molecule has 20 heavy (non-hydrogen) atoms. The van der Waals surface area contributed by atoms with Gasteiger partial charge < -0.3 is 14.8 Å². The number of rotatable bonds is 5. The molecule has 1 fully saturated rings. The second-order valence-corrected chi connectivity index (χ2v) is 5.20. The van der Waals surface area contributed by atoms with Crippen LogP contribution in [-0.2, 0) is 16.1 Å². The van der Waals surface area contributed by atoms with E-state index >= 15 is 0 Å². The summed E-state index contributed by atoms with van der Waals surface area (Å²) in [5.41, 5.74) is 3.35. The lowest BCUT2D eigenvalue weighted by atomic mass is 10.0. The normalized spacial score (nSPS) is 18.1. The Bertz CT molecular complexity index is 479. The number of aryl methyl sites for hydroxylation is 2. The summed E-state index contributed by atoms with van der Waals surface area (Å²) in [5.74, 6) is 0.910. The third-order valence-electron chi connectivity index (χ3n) is 3.61. The van der Waals surface area contributed by atoms with Crippen molar-refractivity contribution < 1.29 is 14.3 Å². The van der Waals surface area contributed by atoms with E-state index in [0.717, 1.165) is 35.3 Å². The second-order valence-electron chi connectivity index (χ2n) is 5.20. The van der Waals surface area contributed by atoms with Crippen LogP contribution in [-0.4, -0.2) is 25.2 Å². The summed E-state index contributed by atoms with van der Waals surface area (Å²) in [4.78, 5) is 11.9. The van der Waals surface area contributed by atoms with Gasteiger partial charge in [-0.2, -0.15) is 0 Å². The molecule has 0 aromatic heterocycles. The summed E-state index contributed by atoms with van der Waals surface area (Å²) >= 11 is 0. The third kappa shape index (κ3) is 3.51. The van der Waals surface area contributed by atoms with Crippen molar-refractivity contribution in [1.29, 1.82) is 0 Å². The number of amides is 1. The van der Waals surface area contributed by atoms with E-state index in [1.54, 1.807) is 0 Å². The Balaban J connectivity index is 1.98. The van der Waals surface area contributed by atoms with Crippen LogP contribution < -0.4 is 10.1 Å². The van der Waals surface area contributed by atoms with Gasteiger partial charge in [0.25, 0.3) is 0 Å². The Morgan fingerprint density at radius 1 is 1.40 bits per heavy atom. The largest absolute Gasteiger partial charge is 0.494 e. The molecule has 1 aliphatic heterocycles. The first kappa shape index (κ1) is 14.9. The van der Waals surface area contributed by atoms with Crippen molar-refractivity contribution in [3.8, 4) is 5.75 Å². The maximum Gasteiger partial charge on any atom is 0.249 e. The topological polar surface area (TPSA) is 47.6 Å². The molecule has 4 nitrogen and oxygen atoms in total. The Hall–Kier alpha value is -1.55. The quantitative estimate of drug-likeness (QED) is 0.899. The number of nitrogens with one attached hydrogen (secondary N) is 1. The van der Waals surface area contributed by atoms with Gasteiger partial charge in [0.05, 0.1) is 6.61 Å². The average Bonchev–Trinajstić information content (AvgIpc) is 2.95. The van der Waals surface area contributed by atoms with Crippen LogP contribution in [0.15, 0.2) is 12.1 Å². The summed E-state index contributed by atoms with van der Waals surface area (Å²) in [5, 5.41) is 2.96. The Kier molecular flexibility index (Phi) is 5.01. The Morgan fingerprint density at radius 2 is 2.20 bits per heavy atom. The standard InChI is InChI=1S/C16H23NO3/c1-4-19-15-9-11(2)13(8-12(15)3)10-17-16(18)14-6-5-7-20-14/h8-9,14H,4-7,10H2,1-3H3,(H,17,18). The minimum atomic E-state index is -0.265. The van der Waals surface area contributed by atoms with E-state index in [1.807, 2.05) is 26.8 Å². The van der Waals surface area contributed by atoms with Crippen LogP contribution in [0, 0.1) is 13.8 Å². The van der Waals surface area contributed by atoms with Crippen LogP contribution >= 0.6 is 0 Å². The Labute approximate surface area is 120 Å². The van der Waals surface area contributed by atoms with Gasteiger partial charge in [0, 0.05) is 13.2 Å². The molecule has 4 heteroatoms. The average molecular weight is 277 g/mol. The molecular weight excluding hydrogens is 254 g/mol. The molecule has 1 aliphatic rings. The third-order valence-corrected chi connectivity index (χ3v) is 3.61. The fourth-order valence-electron chi connectivity index (χ4n) is 2.43. The molecule has 0 bridgehead atoms. The molecule has 1 N–H and O–H groups in total. The lowest BCUT2D eigenvalue weighted by Gasteiger charge is -2.14. The van der Waals surface area contributed by atoms with E-state index in [1.165, 1.54) is 0 Å². The van der Waals surface area contributed by atoms with Gasteiger partial charge in [-0.05, 0) is 56.4 Å². The van der Waals surface area contributed by atoms with Crippen LogP contribution in [0.1, 0.15) is 36.5 Å². The molecule has 1 saturated heterocycles. The highest BCUT2D eigenvalue weighted by molar-refractivity contribution is 5.81. The number of ether oxygens (including phenoxy) is 2. The van der Waals surface area contributed by atoms with Gasteiger partial charge in [0.2, 0.25) is 5.91 Å². The SMILES string of the molecule is CCOc1cc(C)c(CNC(=O)C2CCCO2)cc1C. The summed E-state index contributed by atoms with van der Waals surface area (Å²) in [7, 11) is 0. The number of hydrogen-bond donors (Lipinski definition) is 1. The van der Waals surface area contributed by atoms with Gasteiger partial charge >= 0.3 is 0 Å². The van der Waals surface area contributed by atoms with Crippen molar-refractivity contribution in [2.24, 2.45) is 0 Å². The highest BCUT2D eigenvalue weighted by Gasteiger charge is 2.23. The molecule has 0 aliphatic carbocycles. The van der Waals surface area contributed by atoms with Crippen LogP contribution in [0.25, 0.3) is 0 Å². The molecule has 0 spiro atoms. The van der Waals surface area contributed by atoms with Crippen LogP contribution in [0.3, 0.4) is 0 Å². The van der Waals surface area contributed by atoms with Crippen molar-refractivity contribution in [2.75, 3.05) is 13.2 Å². The molecule has 1 aromatic carbocycles. The summed E-state index contributed by atoms with van der Waals surface area (Å²) in [6.45, 7) is 7.93. The summed E-state index contributed by atoms with van der Waals surface area (Å²) < 4.78 is 10.9. The van der Waals surface area contributed by atoms with E-state index in [2.05, 4.69) is 11.4 Å². The minimum Gasteiger partial charge on any atom is -0.494 e. The lowest BCUT2D eigenvalue weighted by Crippen LogP contribution is -2.33. The van der Waals surface area contributed by atoms with Crippen molar-refractivity contribution >= 4 is 5.91 Å². The molecule has 1 heterocycles.